The maximum Gasteiger partial charge on any atom is 0.245 e. The number of rotatable bonds is 8. The molecule has 1 aliphatic rings. The molecule has 0 spiro atoms. The number of amides is 1. The number of piperidine rings is 1. The zero-order valence-corrected chi connectivity index (χ0v) is 20.2. The Hall–Kier alpha value is -2.34. The first-order valence-electron chi connectivity index (χ1n) is 10.8. The molecule has 2 aromatic rings. The van der Waals surface area contributed by atoms with E-state index in [1.807, 2.05) is 0 Å². The molecular formula is C22H28FN3O5S2. The third-order valence-corrected chi connectivity index (χ3v) is 9.74. The molecule has 0 atom stereocenters. The molecule has 11 heteroatoms. The molecule has 0 radical (unpaired) electrons. The summed E-state index contributed by atoms with van der Waals surface area (Å²) in [5.74, 6) is -1.47. The van der Waals surface area contributed by atoms with Crippen LogP contribution < -0.4 is 5.32 Å². The van der Waals surface area contributed by atoms with Crippen LogP contribution in [0, 0.1) is 11.7 Å². The van der Waals surface area contributed by atoms with Gasteiger partial charge in [0, 0.05) is 37.8 Å². The minimum Gasteiger partial charge on any atom is -0.326 e. The molecule has 1 saturated heterocycles. The van der Waals surface area contributed by atoms with Gasteiger partial charge in [0.05, 0.1) is 4.90 Å². The normalized spacial score (nSPS) is 16.1. The fourth-order valence-corrected chi connectivity index (χ4v) is 6.81. The molecule has 1 heterocycles. The summed E-state index contributed by atoms with van der Waals surface area (Å²) in [5.41, 5.74) is 0.458. The number of sulfonamides is 2. The maximum atomic E-state index is 14.0. The van der Waals surface area contributed by atoms with Crippen LogP contribution >= 0.6 is 0 Å². The van der Waals surface area contributed by atoms with E-state index in [4.69, 9.17) is 0 Å². The quantitative estimate of drug-likeness (QED) is 0.604. The number of nitrogens with zero attached hydrogens (tertiary/aromatic N) is 2. The summed E-state index contributed by atoms with van der Waals surface area (Å²) < 4.78 is 67.1. The van der Waals surface area contributed by atoms with Gasteiger partial charge in [0.25, 0.3) is 0 Å². The molecule has 2 aromatic carbocycles. The summed E-state index contributed by atoms with van der Waals surface area (Å²) >= 11 is 0. The highest BCUT2D eigenvalue weighted by molar-refractivity contribution is 7.89. The van der Waals surface area contributed by atoms with Crippen LogP contribution in [0.3, 0.4) is 0 Å². The highest BCUT2D eigenvalue weighted by Crippen LogP contribution is 2.26. The second-order valence-corrected chi connectivity index (χ2v) is 11.6. The molecule has 0 bridgehead atoms. The van der Waals surface area contributed by atoms with Gasteiger partial charge >= 0.3 is 0 Å². The highest BCUT2D eigenvalue weighted by atomic mass is 32.2. The number of benzene rings is 2. The first kappa shape index (κ1) is 25.3. The number of halogens is 1. The third-order valence-electron chi connectivity index (χ3n) is 5.74. The van der Waals surface area contributed by atoms with Gasteiger partial charge in [0.1, 0.15) is 10.7 Å². The number of anilines is 1. The first-order valence-corrected chi connectivity index (χ1v) is 13.6. The van der Waals surface area contributed by atoms with Crippen LogP contribution in [0.25, 0.3) is 0 Å². The number of carbonyl (C=O) groups excluding carboxylic acids is 1. The molecule has 8 nitrogen and oxygen atoms in total. The van der Waals surface area contributed by atoms with Crippen molar-refractivity contribution in [2.75, 3.05) is 31.5 Å². The van der Waals surface area contributed by atoms with E-state index in [-0.39, 0.29) is 28.8 Å². The van der Waals surface area contributed by atoms with E-state index in [1.165, 1.54) is 51.1 Å². The van der Waals surface area contributed by atoms with Crippen LogP contribution in [-0.2, 0) is 24.8 Å². The lowest BCUT2D eigenvalue weighted by molar-refractivity contribution is -0.120. The largest absolute Gasteiger partial charge is 0.326 e. The average Bonchev–Trinajstić information content (AvgIpc) is 2.80. The summed E-state index contributed by atoms with van der Waals surface area (Å²) in [6.07, 6.45) is 0.599. The van der Waals surface area contributed by atoms with Crippen molar-refractivity contribution in [1.82, 2.24) is 8.61 Å². The van der Waals surface area contributed by atoms with Gasteiger partial charge in [-0.05, 0) is 49.2 Å². The van der Waals surface area contributed by atoms with Gasteiger partial charge in [-0.3, -0.25) is 4.79 Å². The lowest BCUT2D eigenvalue weighted by atomic mass is 9.97. The van der Waals surface area contributed by atoms with Crippen molar-refractivity contribution < 1.29 is 26.0 Å². The van der Waals surface area contributed by atoms with Crippen molar-refractivity contribution >= 4 is 31.6 Å². The van der Waals surface area contributed by atoms with Crippen molar-refractivity contribution in [1.29, 1.82) is 0 Å². The van der Waals surface area contributed by atoms with Gasteiger partial charge in [0.2, 0.25) is 26.0 Å². The minimum absolute atomic E-state index is 0.107. The van der Waals surface area contributed by atoms with Crippen LogP contribution in [0.15, 0.2) is 58.3 Å². The standard InChI is InChI=1S/C22H28FN3O5S2/c1-3-25(4-2)32(28,29)19-11-9-18(10-12-19)24-22(27)17-13-15-26(16-14-17)33(30,31)21-8-6-5-7-20(21)23/h5-12,17H,3-4,13-16H2,1-2H3,(H,24,27). The summed E-state index contributed by atoms with van der Waals surface area (Å²) in [6.45, 7) is 4.47. The van der Waals surface area contributed by atoms with Crippen LogP contribution in [0.2, 0.25) is 0 Å². The van der Waals surface area contributed by atoms with Gasteiger partial charge in [-0.2, -0.15) is 8.61 Å². The van der Waals surface area contributed by atoms with E-state index in [1.54, 1.807) is 13.8 Å². The maximum absolute atomic E-state index is 14.0. The number of carbonyl (C=O) groups is 1. The molecule has 1 aliphatic heterocycles. The lowest BCUT2D eigenvalue weighted by Crippen LogP contribution is -2.41. The van der Waals surface area contributed by atoms with Crippen LogP contribution in [-0.4, -0.2) is 57.5 Å². The molecule has 0 saturated carbocycles. The molecule has 0 aromatic heterocycles. The fourth-order valence-electron chi connectivity index (χ4n) is 3.82. The number of hydrogen-bond acceptors (Lipinski definition) is 5. The monoisotopic (exact) mass is 497 g/mol. The van der Waals surface area contributed by atoms with Gasteiger partial charge in [-0.15, -0.1) is 0 Å². The molecule has 0 unspecified atom stereocenters. The van der Waals surface area contributed by atoms with E-state index in [0.29, 0.717) is 31.6 Å². The lowest BCUT2D eigenvalue weighted by Gasteiger charge is -2.30. The Labute approximate surface area is 194 Å². The summed E-state index contributed by atoms with van der Waals surface area (Å²) in [6, 6.07) is 11.2. The molecule has 33 heavy (non-hydrogen) atoms. The topological polar surface area (TPSA) is 104 Å². The van der Waals surface area contributed by atoms with E-state index in [0.717, 1.165) is 6.07 Å². The summed E-state index contributed by atoms with van der Waals surface area (Å²) in [5, 5.41) is 2.77. The first-order chi connectivity index (χ1) is 15.6. The van der Waals surface area contributed by atoms with Crippen LogP contribution in [0.5, 0.6) is 0 Å². The summed E-state index contributed by atoms with van der Waals surface area (Å²) in [4.78, 5) is 12.4. The Bertz CT molecular complexity index is 1190. The van der Waals surface area contributed by atoms with Gasteiger partial charge in [0.15, 0.2) is 0 Å². The zero-order chi connectivity index (χ0) is 24.2. The summed E-state index contributed by atoms with van der Waals surface area (Å²) in [7, 11) is -7.55. The van der Waals surface area contributed by atoms with Gasteiger partial charge in [-0.25, -0.2) is 21.2 Å². The van der Waals surface area contributed by atoms with E-state index in [2.05, 4.69) is 5.32 Å². The van der Waals surface area contributed by atoms with Crippen molar-refractivity contribution in [2.24, 2.45) is 5.92 Å². The molecule has 1 N–H and O–H groups in total. The second-order valence-electron chi connectivity index (χ2n) is 7.71. The van der Waals surface area contributed by atoms with E-state index in [9.17, 15) is 26.0 Å². The van der Waals surface area contributed by atoms with Crippen LogP contribution in [0.1, 0.15) is 26.7 Å². The number of nitrogens with one attached hydrogen (secondary N) is 1. The predicted octanol–water partition coefficient (Wildman–Crippen LogP) is 2.90. The zero-order valence-electron chi connectivity index (χ0n) is 18.6. The Morgan fingerprint density at radius 1 is 1.00 bits per heavy atom. The Morgan fingerprint density at radius 2 is 1.58 bits per heavy atom. The molecule has 1 amide bonds. The SMILES string of the molecule is CCN(CC)S(=O)(=O)c1ccc(NC(=O)C2CCN(S(=O)(=O)c3ccccc3F)CC2)cc1. The van der Waals surface area contributed by atoms with Crippen LogP contribution in [0.4, 0.5) is 10.1 Å². The van der Waals surface area contributed by atoms with E-state index >= 15 is 0 Å². The number of hydrogen-bond donors (Lipinski definition) is 1. The Balaban J connectivity index is 1.61. The Morgan fingerprint density at radius 3 is 2.12 bits per heavy atom. The Kier molecular flexibility index (Phi) is 7.88. The predicted molar refractivity (Wildman–Crippen MR) is 123 cm³/mol. The highest BCUT2D eigenvalue weighted by Gasteiger charge is 2.33. The van der Waals surface area contributed by atoms with Crippen molar-refractivity contribution in [3.05, 3.63) is 54.3 Å². The van der Waals surface area contributed by atoms with Gasteiger partial charge < -0.3 is 5.32 Å². The average molecular weight is 498 g/mol. The molecule has 3 rings (SSSR count). The molecular weight excluding hydrogens is 469 g/mol. The smallest absolute Gasteiger partial charge is 0.245 e. The molecule has 0 aliphatic carbocycles. The van der Waals surface area contributed by atoms with Crippen molar-refractivity contribution in [2.45, 2.75) is 36.5 Å². The van der Waals surface area contributed by atoms with Crippen molar-refractivity contribution in [3.8, 4) is 0 Å². The minimum atomic E-state index is -3.97. The van der Waals surface area contributed by atoms with Gasteiger partial charge in [-0.1, -0.05) is 26.0 Å². The second kappa shape index (κ2) is 10.3. The third kappa shape index (κ3) is 5.43. The fraction of sp³-hybridized carbons (Fsp3) is 0.409. The molecule has 1 fully saturated rings. The van der Waals surface area contributed by atoms with Crippen molar-refractivity contribution in [3.63, 3.8) is 0 Å². The van der Waals surface area contributed by atoms with E-state index < -0.39 is 31.8 Å². The molecule has 180 valence electrons.